The quantitative estimate of drug-likeness (QED) is 0.658. The van der Waals surface area contributed by atoms with Crippen LogP contribution in [0.25, 0.3) is 0 Å². The number of carbonyl (C=O) groups excluding carboxylic acids is 1. The van der Waals surface area contributed by atoms with Crippen LogP contribution in [0, 0.1) is 24.0 Å². The molecule has 20 heavy (non-hydrogen) atoms. The van der Waals surface area contributed by atoms with Gasteiger partial charge in [0.15, 0.2) is 0 Å². The first-order chi connectivity index (χ1) is 9.47. The first kappa shape index (κ1) is 13.7. The van der Waals surface area contributed by atoms with Crippen LogP contribution in [0.3, 0.4) is 0 Å². The molecule has 1 aromatic heterocycles. The molecule has 2 rings (SSSR count). The summed E-state index contributed by atoms with van der Waals surface area (Å²) in [5, 5.41) is 20.2. The molecule has 1 aromatic carbocycles. The Morgan fingerprint density at radius 2 is 2.20 bits per heavy atom. The van der Waals surface area contributed by atoms with Crippen molar-refractivity contribution in [3.8, 4) is 0 Å². The lowest BCUT2D eigenvalue weighted by Gasteiger charge is -2.05. The summed E-state index contributed by atoms with van der Waals surface area (Å²) in [7, 11) is 0. The number of benzene rings is 1. The van der Waals surface area contributed by atoms with Crippen molar-refractivity contribution < 1.29 is 9.72 Å². The predicted molar refractivity (Wildman–Crippen MR) is 73.5 cm³/mol. The number of nitro benzene ring substituents is 1. The zero-order valence-electron chi connectivity index (χ0n) is 11.1. The van der Waals surface area contributed by atoms with Crippen LogP contribution in [0.15, 0.2) is 24.3 Å². The van der Waals surface area contributed by atoms with E-state index in [9.17, 15) is 14.9 Å². The van der Waals surface area contributed by atoms with E-state index in [1.54, 1.807) is 19.1 Å². The molecule has 0 atom stereocenters. The molecule has 2 aromatic rings. The van der Waals surface area contributed by atoms with Gasteiger partial charge in [0.1, 0.15) is 0 Å². The zero-order chi connectivity index (χ0) is 14.7. The van der Waals surface area contributed by atoms with Crippen molar-refractivity contribution in [3.05, 3.63) is 51.3 Å². The van der Waals surface area contributed by atoms with Gasteiger partial charge in [-0.1, -0.05) is 12.1 Å². The minimum Gasteiger partial charge on any atom is -0.323 e. The van der Waals surface area contributed by atoms with Gasteiger partial charge in [-0.3, -0.25) is 20.0 Å². The highest BCUT2D eigenvalue weighted by Gasteiger charge is 2.12. The minimum atomic E-state index is -0.480. The van der Waals surface area contributed by atoms with Crippen LogP contribution in [0.4, 0.5) is 11.4 Å². The molecule has 0 aliphatic carbocycles. The van der Waals surface area contributed by atoms with E-state index in [-0.39, 0.29) is 18.0 Å². The predicted octanol–water partition coefficient (Wildman–Crippen LogP) is 2.12. The summed E-state index contributed by atoms with van der Waals surface area (Å²) >= 11 is 0. The second-order valence-electron chi connectivity index (χ2n) is 4.46. The lowest BCUT2D eigenvalue weighted by molar-refractivity contribution is -0.384. The summed E-state index contributed by atoms with van der Waals surface area (Å²) in [4.78, 5) is 22.1. The Labute approximate surface area is 115 Å². The number of amides is 1. The summed E-state index contributed by atoms with van der Waals surface area (Å²) in [6.07, 6.45) is 0.0751. The number of aromatic amines is 1. The molecule has 0 unspecified atom stereocenters. The van der Waals surface area contributed by atoms with Gasteiger partial charge in [-0.25, -0.2) is 0 Å². The van der Waals surface area contributed by atoms with Crippen molar-refractivity contribution in [2.75, 3.05) is 5.32 Å². The molecule has 1 heterocycles. The molecular formula is C13H14N4O3. The molecule has 104 valence electrons. The molecule has 0 spiro atoms. The largest absolute Gasteiger partial charge is 0.323 e. The second kappa shape index (κ2) is 5.52. The van der Waals surface area contributed by atoms with E-state index in [0.29, 0.717) is 16.9 Å². The average Bonchev–Trinajstić information content (AvgIpc) is 2.71. The van der Waals surface area contributed by atoms with E-state index in [0.717, 1.165) is 5.69 Å². The van der Waals surface area contributed by atoms with Gasteiger partial charge in [0.2, 0.25) is 5.91 Å². The van der Waals surface area contributed by atoms with Gasteiger partial charge >= 0.3 is 0 Å². The molecule has 0 aliphatic rings. The Balaban J connectivity index is 2.09. The molecule has 2 N–H and O–H groups in total. The number of hydrogen-bond acceptors (Lipinski definition) is 4. The summed E-state index contributed by atoms with van der Waals surface area (Å²) < 4.78 is 0. The van der Waals surface area contributed by atoms with Gasteiger partial charge in [-0.2, -0.15) is 5.10 Å². The third-order valence-corrected chi connectivity index (χ3v) is 2.88. The Morgan fingerprint density at radius 1 is 1.45 bits per heavy atom. The number of hydrogen-bond donors (Lipinski definition) is 2. The van der Waals surface area contributed by atoms with E-state index in [1.807, 2.05) is 6.92 Å². The number of anilines is 1. The van der Waals surface area contributed by atoms with E-state index < -0.39 is 4.92 Å². The number of nitrogens with zero attached hydrogens (tertiary/aromatic N) is 2. The Bertz CT molecular complexity index is 644. The highest BCUT2D eigenvalue weighted by atomic mass is 16.6. The van der Waals surface area contributed by atoms with Gasteiger partial charge < -0.3 is 5.32 Å². The van der Waals surface area contributed by atoms with Gasteiger partial charge in [0.05, 0.1) is 28.4 Å². The lowest BCUT2D eigenvalue weighted by atomic mass is 10.1. The third-order valence-electron chi connectivity index (χ3n) is 2.88. The summed E-state index contributed by atoms with van der Waals surface area (Å²) in [6, 6.07) is 6.04. The Hall–Kier alpha value is -2.70. The summed E-state index contributed by atoms with van der Waals surface area (Å²) in [5.74, 6) is -0.238. The SMILES string of the molecule is Cc1n[nH]c(C)c1NC(=O)Cc1cccc([N+](=O)[O-])c1. The van der Waals surface area contributed by atoms with Crippen LogP contribution in [0.1, 0.15) is 17.0 Å². The van der Waals surface area contributed by atoms with Crippen molar-refractivity contribution in [1.82, 2.24) is 10.2 Å². The maximum absolute atomic E-state index is 11.9. The molecule has 0 aliphatic heterocycles. The number of H-pyrrole nitrogens is 1. The summed E-state index contributed by atoms with van der Waals surface area (Å²) in [5.41, 5.74) is 2.70. The second-order valence-corrected chi connectivity index (χ2v) is 4.46. The first-order valence-corrected chi connectivity index (χ1v) is 6.02. The van der Waals surface area contributed by atoms with Crippen LogP contribution < -0.4 is 5.32 Å². The molecule has 1 amide bonds. The molecule has 0 bridgehead atoms. The van der Waals surface area contributed by atoms with E-state index in [1.165, 1.54) is 12.1 Å². The normalized spacial score (nSPS) is 10.3. The van der Waals surface area contributed by atoms with Crippen LogP contribution >= 0.6 is 0 Å². The van der Waals surface area contributed by atoms with E-state index in [4.69, 9.17) is 0 Å². The molecule has 0 radical (unpaired) electrons. The number of nitro groups is 1. The molecule has 0 saturated carbocycles. The zero-order valence-corrected chi connectivity index (χ0v) is 11.1. The number of non-ortho nitro benzene ring substituents is 1. The standard InChI is InChI=1S/C13H14N4O3/c1-8-13(9(2)16-15-8)14-12(18)7-10-4-3-5-11(6-10)17(19)20/h3-6H,7H2,1-2H3,(H,14,18)(H,15,16). The fourth-order valence-corrected chi connectivity index (χ4v) is 1.88. The Morgan fingerprint density at radius 3 is 2.80 bits per heavy atom. The lowest BCUT2D eigenvalue weighted by Crippen LogP contribution is -2.15. The van der Waals surface area contributed by atoms with Gasteiger partial charge in [0.25, 0.3) is 5.69 Å². The molecule has 7 nitrogen and oxygen atoms in total. The number of carbonyl (C=O) groups is 1. The van der Waals surface area contributed by atoms with Crippen molar-refractivity contribution in [2.24, 2.45) is 0 Å². The summed E-state index contributed by atoms with van der Waals surface area (Å²) in [6.45, 7) is 3.59. The molecular weight excluding hydrogens is 260 g/mol. The van der Waals surface area contributed by atoms with Crippen LogP contribution in [0.2, 0.25) is 0 Å². The van der Waals surface area contributed by atoms with E-state index in [2.05, 4.69) is 15.5 Å². The van der Waals surface area contributed by atoms with Crippen LogP contribution in [0.5, 0.6) is 0 Å². The number of aryl methyl sites for hydroxylation is 2. The number of nitrogens with one attached hydrogen (secondary N) is 2. The first-order valence-electron chi connectivity index (χ1n) is 6.02. The third kappa shape index (κ3) is 3.00. The minimum absolute atomic E-state index is 0.0222. The van der Waals surface area contributed by atoms with Gasteiger partial charge in [-0.05, 0) is 19.4 Å². The average molecular weight is 274 g/mol. The van der Waals surface area contributed by atoms with Gasteiger partial charge in [0, 0.05) is 12.1 Å². The van der Waals surface area contributed by atoms with Crippen LogP contribution in [-0.4, -0.2) is 21.0 Å². The van der Waals surface area contributed by atoms with Crippen molar-refractivity contribution in [3.63, 3.8) is 0 Å². The fourth-order valence-electron chi connectivity index (χ4n) is 1.88. The van der Waals surface area contributed by atoms with Gasteiger partial charge in [-0.15, -0.1) is 0 Å². The van der Waals surface area contributed by atoms with Crippen molar-refractivity contribution in [2.45, 2.75) is 20.3 Å². The smallest absolute Gasteiger partial charge is 0.269 e. The van der Waals surface area contributed by atoms with E-state index >= 15 is 0 Å². The number of rotatable bonds is 4. The maximum Gasteiger partial charge on any atom is 0.269 e. The van der Waals surface area contributed by atoms with Crippen molar-refractivity contribution >= 4 is 17.3 Å². The maximum atomic E-state index is 11.9. The molecule has 0 saturated heterocycles. The Kier molecular flexibility index (Phi) is 3.79. The molecule has 7 heteroatoms. The van der Waals surface area contributed by atoms with Crippen molar-refractivity contribution in [1.29, 1.82) is 0 Å². The topological polar surface area (TPSA) is 101 Å². The fraction of sp³-hybridized carbons (Fsp3) is 0.231. The highest BCUT2D eigenvalue weighted by Crippen LogP contribution is 2.17. The monoisotopic (exact) mass is 274 g/mol. The molecule has 0 fully saturated rings. The van der Waals surface area contributed by atoms with Crippen LogP contribution in [-0.2, 0) is 11.2 Å². The number of aromatic nitrogens is 2. The highest BCUT2D eigenvalue weighted by molar-refractivity contribution is 5.93.